The summed E-state index contributed by atoms with van der Waals surface area (Å²) in [5, 5.41) is 2.96. The van der Waals surface area contributed by atoms with Crippen LogP contribution in [0.2, 0.25) is 0 Å². The van der Waals surface area contributed by atoms with Gasteiger partial charge in [0.05, 0.1) is 11.1 Å². The predicted molar refractivity (Wildman–Crippen MR) is 99.2 cm³/mol. The first-order chi connectivity index (χ1) is 11.5. The molecule has 0 radical (unpaired) electrons. The fourth-order valence-electron chi connectivity index (χ4n) is 2.61. The largest absolute Gasteiger partial charge is 0.357 e. The third kappa shape index (κ3) is 3.37. The number of benzene rings is 1. The van der Waals surface area contributed by atoms with Crippen molar-refractivity contribution in [2.24, 2.45) is 0 Å². The summed E-state index contributed by atoms with van der Waals surface area (Å²) < 4.78 is 0. The average Bonchev–Trinajstić information content (AvgIpc) is 2.69. The van der Waals surface area contributed by atoms with E-state index in [4.69, 9.17) is 0 Å². The number of allylic oxidation sites excluding steroid dienone is 1. The van der Waals surface area contributed by atoms with Crippen molar-refractivity contribution in [1.82, 2.24) is 9.97 Å². The Morgan fingerprint density at radius 3 is 2.62 bits per heavy atom. The minimum atomic E-state index is -0.569. The molecule has 0 saturated heterocycles. The van der Waals surface area contributed by atoms with Gasteiger partial charge >= 0.3 is 0 Å². The molecule has 0 unspecified atom stereocenters. The first-order valence-corrected chi connectivity index (χ1v) is 8.23. The second-order valence-corrected chi connectivity index (χ2v) is 6.28. The van der Waals surface area contributed by atoms with Crippen LogP contribution < -0.4 is 5.32 Å². The Labute approximate surface area is 144 Å². The summed E-state index contributed by atoms with van der Waals surface area (Å²) in [5.41, 5.74) is 3.24. The molecule has 1 N–H and O–H groups in total. The van der Waals surface area contributed by atoms with Gasteiger partial charge in [-0.15, -0.1) is 6.58 Å². The molecule has 1 aliphatic rings. The topological polar surface area (TPSA) is 54.9 Å². The Balaban J connectivity index is 0.000000471. The second kappa shape index (κ2) is 7.39. The molecule has 0 saturated carbocycles. The van der Waals surface area contributed by atoms with E-state index in [1.54, 1.807) is 13.2 Å². The van der Waals surface area contributed by atoms with Gasteiger partial charge in [-0.25, -0.2) is 9.97 Å². The van der Waals surface area contributed by atoms with E-state index in [0.29, 0.717) is 12.4 Å². The van der Waals surface area contributed by atoms with Crippen molar-refractivity contribution < 1.29 is 4.79 Å². The number of hydrogen-bond acceptors (Lipinski definition) is 4. The molecule has 0 atom stereocenters. The summed E-state index contributed by atoms with van der Waals surface area (Å²) in [6.45, 7) is 9.44. The molecule has 0 bridgehead atoms. The van der Waals surface area contributed by atoms with Crippen molar-refractivity contribution >= 4 is 11.7 Å². The summed E-state index contributed by atoms with van der Waals surface area (Å²) in [4.78, 5) is 21.4. The lowest BCUT2D eigenvalue weighted by Crippen LogP contribution is -2.30. The molecule has 4 nitrogen and oxygen atoms in total. The highest BCUT2D eigenvalue weighted by molar-refractivity contribution is 5.96. The lowest BCUT2D eigenvalue weighted by molar-refractivity contribution is -0.122. The van der Waals surface area contributed by atoms with Crippen LogP contribution >= 0.6 is 0 Å². The average molecular weight is 323 g/mol. The van der Waals surface area contributed by atoms with Crippen LogP contribution in [-0.4, -0.2) is 22.8 Å². The summed E-state index contributed by atoms with van der Waals surface area (Å²) in [5.74, 6) is 0.771. The van der Waals surface area contributed by atoms with E-state index < -0.39 is 5.41 Å². The van der Waals surface area contributed by atoms with Crippen LogP contribution in [0.25, 0.3) is 11.3 Å². The number of fused-ring (bicyclic) bond motifs is 3. The minimum Gasteiger partial charge on any atom is -0.357 e. The van der Waals surface area contributed by atoms with Crippen molar-refractivity contribution in [1.29, 1.82) is 0 Å². The van der Waals surface area contributed by atoms with Crippen molar-refractivity contribution in [3.8, 4) is 11.3 Å². The zero-order chi connectivity index (χ0) is 17.7. The summed E-state index contributed by atoms with van der Waals surface area (Å²) >= 11 is 0. The monoisotopic (exact) mass is 323 g/mol. The third-order valence-electron chi connectivity index (χ3n) is 4.29. The molecule has 126 valence electrons. The lowest BCUT2D eigenvalue weighted by Gasteiger charge is -2.23. The van der Waals surface area contributed by atoms with Crippen molar-refractivity contribution in [2.45, 2.75) is 39.0 Å². The number of carbonyl (C=O) groups is 1. The fourth-order valence-corrected chi connectivity index (χ4v) is 2.61. The van der Waals surface area contributed by atoms with Gasteiger partial charge in [0.1, 0.15) is 5.78 Å². The number of carbonyl (C=O) groups excluding carboxylic acids is 1. The van der Waals surface area contributed by atoms with Gasteiger partial charge in [0.2, 0.25) is 5.95 Å². The molecule has 1 aliphatic carbocycles. The molecule has 0 amide bonds. The molecule has 3 rings (SSSR count). The van der Waals surface area contributed by atoms with E-state index in [1.807, 2.05) is 44.2 Å². The summed E-state index contributed by atoms with van der Waals surface area (Å²) in [6, 6.07) is 7.96. The maximum atomic E-state index is 12.5. The number of aromatic nitrogens is 2. The first-order valence-electron chi connectivity index (χ1n) is 8.23. The Morgan fingerprint density at radius 2 is 2.00 bits per heavy atom. The van der Waals surface area contributed by atoms with Gasteiger partial charge in [0.25, 0.3) is 0 Å². The van der Waals surface area contributed by atoms with Crippen LogP contribution in [0.3, 0.4) is 0 Å². The fraction of sp³-hybridized carbons (Fsp3) is 0.350. The van der Waals surface area contributed by atoms with Gasteiger partial charge in [-0.2, -0.15) is 0 Å². The van der Waals surface area contributed by atoms with Crippen molar-refractivity contribution in [3.05, 3.63) is 54.2 Å². The number of rotatable bonds is 2. The van der Waals surface area contributed by atoms with Crippen LogP contribution in [0.1, 0.15) is 38.3 Å². The smallest absolute Gasteiger partial charge is 0.222 e. The zero-order valence-electron chi connectivity index (χ0n) is 14.9. The molecule has 0 aliphatic heterocycles. The number of nitrogens with one attached hydrogen (secondary N) is 1. The van der Waals surface area contributed by atoms with Crippen LogP contribution in [0.4, 0.5) is 5.95 Å². The van der Waals surface area contributed by atoms with Crippen molar-refractivity contribution in [3.63, 3.8) is 0 Å². The molecular weight excluding hydrogens is 298 g/mol. The van der Waals surface area contributed by atoms with Crippen LogP contribution in [-0.2, 0) is 16.6 Å². The van der Waals surface area contributed by atoms with E-state index in [-0.39, 0.29) is 5.78 Å². The molecule has 1 aromatic heterocycles. The van der Waals surface area contributed by atoms with Gasteiger partial charge < -0.3 is 5.32 Å². The highest BCUT2D eigenvalue weighted by Gasteiger charge is 2.36. The second-order valence-electron chi connectivity index (χ2n) is 6.28. The van der Waals surface area contributed by atoms with E-state index in [9.17, 15) is 4.79 Å². The van der Waals surface area contributed by atoms with E-state index >= 15 is 0 Å². The normalized spacial score (nSPS) is 14.4. The molecule has 1 heterocycles. The maximum absolute atomic E-state index is 12.5. The number of nitrogens with zero attached hydrogens (tertiary/aromatic N) is 2. The van der Waals surface area contributed by atoms with Gasteiger partial charge in [-0.05, 0) is 25.8 Å². The number of hydrogen-bond donors (Lipinski definition) is 1. The number of ketones is 1. The molecule has 0 fully saturated rings. The van der Waals surface area contributed by atoms with Gasteiger partial charge in [-0.3, -0.25) is 4.79 Å². The Hall–Kier alpha value is -2.49. The zero-order valence-corrected chi connectivity index (χ0v) is 14.9. The molecule has 24 heavy (non-hydrogen) atoms. The highest BCUT2D eigenvalue weighted by Crippen LogP contribution is 2.38. The quantitative estimate of drug-likeness (QED) is 0.843. The van der Waals surface area contributed by atoms with E-state index in [1.165, 1.54) is 0 Å². The Bertz CT molecular complexity index is 750. The van der Waals surface area contributed by atoms with E-state index in [2.05, 4.69) is 28.8 Å². The van der Waals surface area contributed by atoms with Crippen LogP contribution in [0.15, 0.2) is 43.1 Å². The maximum Gasteiger partial charge on any atom is 0.222 e. The van der Waals surface area contributed by atoms with Crippen LogP contribution in [0, 0.1) is 0 Å². The van der Waals surface area contributed by atoms with Crippen LogP contribution in [0.5, 0.6) is 0 Å². The molecule has 1 aromatic carbocycles. The summed E-state index contributed by atoms with van der Waals surface area (Å²) in [6.07, 6.45) is 5.17. The summed E-state index contributed by atoms with van der Waals surface area (Å²) in [7, 11) is 1.79. The predicted octanol–water partition coefficient (Wildman–Crippen LogP) is 4.17. The minimum absolute atomic E-state index is 0.199. The van der Waals surface area contributed by atoms with Gasteiger partial charge in [-0.1, -0.05) is 37.3 Å². The van der Waals surface area contributed by atoms with Gasteiger partial charge in [0, 0.05) is 30.8 Å². The number of anilines is 1. The molecule has 2 aromatic rings. The Morgan fingerprint density at radius 1 is 1.33 bits per heavy atom. The lowest BCUT2D eigenvalue weighted by atomic mass is 9.80. The first kappa shape index (κ1) is 17.9. The van der Waals surface area contributed by atoms with Gasteiger partial charge in [0.15, 0.2) is 0 Å². The molecular formula is C20H25N3O. The standard InChI is InChI=1S/C16H17N3O.C4H8/c1-16(2)12-9-18-15(17-3)19-14(12)11-7-5-4-6-10(11)8-13(16)20;1-3-4-2/h4-7,9H,8H2,1-3H3,(H,17,18,19);3H,1,4H2,2H3. The molecule has 0 spiro atoms. The van der Waals surface area contributed by atoms with E-state index in [0.717, 1.165) is 28.8 Å². The SMILES string of the molecule is C=CCC.CNc1ncc2c(n1)-c1ccccc1CC(=O)C2(C)C. The number of Topliss-reactive ketones (excluding diaryl/α,β-unsaturated/α-hetero) is 1. The highest BCUT2D eigenvalue weighted by atomic mass is 16.1. The Kier molecular flexibility index (Phi) is 5.50. The molecule has 4 heteroatoms. The third-order valence-corrected chi connectivity index (χ3v) is 4.29. The van der Waals surface area contributed by atoms with Crippen molar-refractivity contribution in [2.75, 3.05) is 12.4 Å².